The van der Waals surface area contributed by atoms with E-state index in [1.54, 1.807) is 26.4 Å². The molecule has 3 aliphatic rings. The lowest BCUT2D eigenvalue weighted by Gasteiger charge is -2.50. The van der Waals surface area contributed by atoms with Gasteiger partial charge in [-0.3, -0.25) is 4.90 Å². The summed E-state index contributed by atoms with van der Waals surface area (Å²) in [7, 11) is 3.44. The van der Waals surface area contributed by atoms with Gasteiger partial charge >= 0.3 is 0 Å². The second kappa shape index (κ2) is 12.1. The number of methoxy groups -OCH3 is 2. The van der Waals surface area contributed by atoms with Crippen molar-refractivity contribution in [1.82, 2.24) is 4.90 Å². The van der Waals surface area contributed by atoms with Crippen LogP contribution in [0.2, 0.25) is 0 Å². The summed E-state index contributed by atoms with van der Waals surface area (Å²) in [4.78, 5) is 2.80. The van der Waals surface area contributed by atoms with Crippen molar-refractivity contribution in [1.29, 1.82) is 0 Å². The van der Waals surface area contributed by atoms with E-state index in [9.17, 15) is 4.39 Å². The number of hydrogen-bond acceptors (Lipinski definition) is 4. The molecule has 0 radical (unpaired) electrons. The van der Waals surface area contributed by atoms with Gasteiger partial charge in [0, 0.05) is 11.0 Å². The Balaban J connectivity index is 0.00000323. The fourth-order valence-electron chi connectivity index (χ4n) is 7.61. The van der Waals surface area contributed by atoms with Crippen molar-refractivity contribution in [3.05, 3.63) is 94.3 Å². The average Bonchev–Trinajstić information content (AvgIpc) is 2.98. The SMILES string of the molecule is COc1cc2c(cc1OC)CC1(CCCCN1CCCC1(c3ccc(F)cc3)COCc3ccccc31)CC2.Cl. The van der Waals surface area contributed by atoms with Crippen molar-refractivity contribution < 1.29 is 18.6 Å². The summed E-state index contributed by atoms with van der Waals surface area (Å²) in [5.74, 6) is 1.46. The molecule has 0 aromatic heterocycles. The minimum atomic E-state index is -0.255. The van der Waals surface area contributed by atoms with E-state index >= 15 is 0 Å². The smallest absolute Gasteiger partial charge is 0.161 e. The first-order chi connectivity index (χ1) is 19.1. The molecule has 40 heavy (non-hydrogen) atoms. The Bertz CT molecular complexity index is 1320. The van der Waals surface area contributed by atoms with E-state index in [0.29, 0.717) is 13.2 Å². The van der Waals surface area contributed by atoms with Crippen LogP contribution in [0.15, 0.2) is 60.7 Å². The van der Waals surface area contributed by atoms with Crippen LogP contribution in [0.1, 0.15) is 66.3 Å². The van der Waals surface area contributed by atoms with E-state index in [-0.39, 0.29) is 29.2 Å². The number of benzene rings is 3. The third-order valence-electron chi connectivity index (χ3n) is 9.64. The van der Waals surface area contributed by atoms with Crippen LogP contribution in [0.5, 0.6) is 11.5 Å². The summed E-state index contributed by atoms with van der Waals surface area (Å²) in [6, 6.07) is 20.1. The topological polar surface area (TPSA) is 30.9 Å². The highest BCUT2D eigenvalue weighted by molar-refractivity contribution is 5.85. The van der Waals surface area contributed by atoms with Gasteiger partial charge in [0.1, 0.15) is 5.82 Å². The molecule has 1 aliphatic carbocycles. The second-order valence-electron chi connectivity index (χ2n) is 11.7. The summed E-state index contributed by atoms with van der Waals surface area (Å²) in [5.41, 5.74) is 6.48. The number of hydrogen-bond donors (Lipinski definition) is 0. The standard InChI is InChI=1S/C34H40FNO3.ClH/c1-37-31-20-25-14-17-33(22-27(25)21-32(31)38-2)15-5-6-18-36(33)19-7-16-34(28-10-12-29(35)13-11-28)24-39-23-26-8-3-4-9-30(26)34;/h3-4,8-13,20-21H,5-7,14-19,22-24H2,1-2H3;1H. The van der Waals surface area contributed by atoms with Gasteiger partial charge in [-0.2, -0.15) is 0 Å². The molecule has 0 bridgehead atoms. The van der Waals surface area contributed by atoms with Crippen LogP contribution in [-0.2, 0) is 29.6 Å². The third kappa shape index (κ3) is 5.24. The number of rotatable bonds is 7. The highest BCUT2D eigenvalue weighted by Gasteiger charge is 2.43. The predicted octanol–water partition coefficient (Wildman–Crippen LogP) is 7.27. The Kier molecular flexibility index (Phi) is 8.75. The second-order valence-corrected chi connectivity index (χ2v) is 11.7. The molecule has 3 aromatic carbocycles. The fourth-order valence-corrected chi connectivity index (χ4v) is 7.61. The Morgan fingerprint density at radius 2 is 1.65 bits per heavy atom. The van der Waals surface area contributed by atoms with Gasteiger partial charge in [0.25, 0.3) is 0 Å². The van der Waals surface area contributed by atoms with Gasteiger partial charge in [0.05, 0.1) is 27.4 Å². The minimum Gasteiger partial charge on any atom is -0.493 e. The molecule has 2 atom stereocenters. The van der Waals surface area contributed by atoms with Gasteiger partial charge in [-0.15, -0.1) is 12.4 Å². The van der Waals surface area contributed by atoms with Crippen LogP contribution >= 0.6 is 12.4 Å². The van der Waals surface area contributed by atoms with Crippen LogP contribution in [0, 0.1) is 5.82 Å². The highest BCUT2D eigenvalue weighted by atomic mass is 35.5. The number of likely N-dealkylation sites (tertiary alicyclic amines) is 1. The molecule has 0 N–H and O–H groups in total. The molecule has 2 aliphatic heterocycles. The van der Waals surface area contributed by atoms with Gasteiger partial charge in [0.15, 0.2) is 11.5 Å². The van der Waals surface area contributed by atoms with Gasteiger partial charge < -0.3 is 14.2 Å². The molecule has 3 aromatic rings. The maximum Gasteiger partial charge on any atom is 0.161 e. The molecule has 2 heterocycles. The van der Waals surface area contributed by atoms with E-state index in [2.05, 4.69) is 41.3 Å². The maximum atomic E-state index is 13.9. The quantitative estimate of drug-likeness (QED) is 0.301. The molecule has 0 saturated carbocycles. The number of aryl methyl sites for hydroxylation is 1. The normalized spacial score (nSPS) is 24.1. The van der Waals surface area contributed by atoms with Crippen LogP contribution in [-0.4, -0.2) is 44.4 Å². The lowest BCUT2D eigenvalue weighted by Crippen LogP contribution is -2.55. The van der Waals surface area contributed by atoms with Crippen molar-refractivity contribution in [3.63, 3.8) is 0 Å². The van der Waals surface area contributed by atoms with E-state index in [1.807, 2.05) is 12.1 Å². The fraction of sp³-hybridized carbons (Fsp3) is 0.471. The monoisotopic (exact) mass is 565 g/mol. The lowest BCUT2D eigenvalue weighted by atomic mass is 9.69. The molecule has 6 rings (SSSR count). The highest BCUT2D eigenvalue weighted by Crippen LogP contribution is 2.45. The summed E-state index contributed by atoms with van der Waals surface area (Å²) >= 11 is 0. The Morgan fingerprint density at radius 3 is 2.42 bits per heavy atom. The zero-order valence-corrected chi connectivity index (χ0v) is 24.5. The molecule has 214 valence electrons. The Morgan fingerprint density at radius 1 is 0.900 bits per heavy atom. The van der Waals surface area contributed by atoms with Gasteiger partial charge in [-0.05, 0) is 110 Å². The molecular weight excluding hydrogens is 525 g/mol. The first-order valence-corrected chi connectivity index (χ1v) is 14.5. The first kappa shape index (κ1) is 28.9. The van der Waals surface area contributed by atoms with Crippen LogP contribution in [0.4, 0.5) is 4.39 Å². The number of ether oxygens (including phenoxy) is 3. The number of piperidine rings is 1. The third-order valence-corrected chi connectivity index (χ3v) is 9.64. The van der Waals surface area contributed by atoms with Crippen LogP contribution < -0.4 is 9.47 Å². The molecule has 6 heteroatoms. The zero-order chi connectivity index (χ0) is 26.9. The predicted molar refractivity (Wildman–Crippen MR) is 159 cm³/mol. The molecule has 2 unspecified atom stereocenters. The summed E-state index contributed by atoms with van der Waals surface area (Å²) in [6.45, 7) is 3.49. The van der Waals surface area contributed by atoms with Crippen molar-refractivity contribution in [2.75, 3.05) is 33.9 Å². The van der Waals surface area contributed by atoms with Crippen molar-refractivity contribution in [3.8, 4) is 11.5 Å². The van der Waals surface area contributed by atoms with Gasteiger partial charge in [-0.1, -0.05) is 42.8 Å². The molecular formula is C34H41ClFNO3. The van der Waals surface area contributed by atoms with Gasteiger partial charge in [0.2, 0.25) is 0 Å². The number of halogens is 2. The van der Waals surface area contributed by atoms with E-state index in [4.69, 9.17) is 14.2 Å². The van der Waals surface area contributed by atoms with Crippen molar-refractivity contribution >= 4 is 12.4 Å². The van der Waals surface area contributed by atoms with Crippen molar-refractivity contribution in [2.24, 2.45) is 0 Å². The zero-order valence-electron chi connectivity index (χ0n) is 23.7. The Labute approximate surface area is 244 Å². The Hall–Kier alpha value is -2.60. The maximum absolute atomic E-state index is 13.9. The molecule has 1 fully saturated rings. The van der Waals surface area contributed by atoms with Crippen LogP contribution in [0.25, 0.3) is 0 Å². The van der Waals surface area contributed by atoms with Crippen LogP contribution in [0.3, 0.4) is 0 Å². The number of fused-ring (bicyclic) bond motifs is 2. The number of nitrogens with zero attached hydrogens (tertiary/aromatic N) is 1. The molecule has 1 saturated heterocycles. The summed E-state index contributed by atoms with van der Waals surface area (Å²) in [5, 5.41) is 0. The van der Waals surface area contributed by atoms with Crippen molar-refractivity contribution in [2.45, 2.75) is 68.9 Å². The lowest BCUT2D eigenvalue weighted by molar-refractivity contribution is 0.0260. The molecule has 1 spiro atoms. The molecule has 0 amide bonds. The first-order valence-electron chi connectivity index (χ1n) is 14.5. The van der Waals surface area contributed by atoms with E-state index in [0.717, 1.165) is 55.8 Å². The van der Waals surface area contributed by atoms with E-state index in [1.165, 1.54) is 47.9 Å². The summed E-state index contributed by atoms with van der Waals surface area (Å²) < 4.78 is 31.3. The molecule has 4 nitrogen and oxygen atoms in total. The summed E-state index contributed by atoms with van der Waals surface area (Å²) in [6.07, 6.45) is 9.17. The average molecular weight is 566 g/mol. The van der Waals surface area contributed by atoms with E-state index < -0.39 is 0 Å². The van der Waals surface area contributed by atoms with Gasteiger partial charge in [-0.25, -0.2) is 4.39 Å². The minimum absolute atomic E-state index is 0. The largest absolute Gasteiger partial charge is 0.493 e.